The molecule has 0 heterocycles. The molecule has 110 valence electrons. The second kappa shape index (κ2) is 7.12. The highest BCUT2D eigenvalue weighted by atomic mass is 16.3. The van der Waals surface area contributed by atoms with Gasteiger partial charge in [-0.15, -0.1) is 0 Å². The van der Waals surface area contributed by atoms with Crippen LogP contribution in [-0.2, 0) is 4.79 Å². The number of ketones is 1. The Morgan fingerprint density at radius 3 is 2.26 bits per heavy atom. The lowest BCUT2D eigenvalue weighted by molar-refractivity contribution is -0.124. The molecule has 1 N–H and O–H groups in total. The van der Waals surface area contributed by atoms with Gasteiger partial charge in [0.05, 0.1) is 5.76 Å². The highest BCUT2D eigenvalue weighted by Crippen LogP contribution is 2.35. The van der Waals surface area contributed by atoms with Crippen molar-refractivity contribution in [2.24, 2.45) is 17.3 Å². The van der Waals surface area contributed by atoms with E-state index in [2.05, 4.69) is 27.7 Å². The minimum absolute atomic E-state index is 0.121. The van der Waals surface area contributed by atoms with Gasteiger partial charge in [0.25, 0.3) is 0 Å². The molecule has 2 heteroatoms. The summed E-state index contributed by atoms with van der Waals surface area (Å²) in [5.41, 5.74) is -0.270. The average Bonchev–Trinajstić information content (AvgIpc) is 2.41. The molecule has 1 fully saturated rings. The molecule has 0 aromatic carbocycles. The summed E-state index contributed by atoms with van der Waals surface area (Å²) < 4.78 is 0. The Hall–Kier alpha value is -0.790. The van der Waals surface area contributed by atoms with Gasteiger partial charge >= 0.3 is 0 Å². The van der Waals surface area contributed by atoms with Gasteiger partial charge in [0.15, 0.2) is 5.78 Å². The molecular weight excluding hydrogens is 236 g/mol. The van der Waals surface area contributed by atoms with E-state index in [4.69, 9.17) is 0 Å². The average molecular weight is 266 g/mol. The Morgan fingerprint density at radius 2 is 1.79 bits per heavy atom. The second-order valence-electron chi connectivity index (χ2n) is 6.24. The molecule has 2 nitrogen and oxygen atoms in total. The first-order chi connectivity index (χ1) is 8.99. The van der Waals surface area contributed by atoms with Crippen LogP contribution >= 0.6 is 0 Å². The Labute approximate surface area is 118 Å². The molecule has 0 saturated heterocycles. The van der Waals surface area contributed by atoms with Crippen molar-refractivity contribution in [2.75, 3.05) is 0 Å². The number of carbonyl (C=O) groups is 1. The number of hydrogen-bond donors (Lipinski definition) is 1. The molecular formula is C17H30O2. The normalized spacial score (nSPS) is 25.4. The molecule has 19 heavy (non-hydrogen) atoms. The fourth-order valence-corrected chi connectivity index (χ4v) is 3.38. The predicted octanol–water partition coefficient (Wildman–Crippen LogP) is 5.04. The maximum absolute atomic E-state index is 12.5. The zero-order valence-electron chi connectivity index (χ0n) is 13.0. The van der Waals surface area contributed by atoms with Gasteiger partial charge in [0.2, 0.25) is 0 Å². The minimum atomic E-state index is -0.270. The summed E-state index contributed by atoms with van der Waals surface area (Å²) in [6, 6.07) is 0. The Balaban J connectivity index is 2.79. The third-order valence-corrected chi connectivity index (χ3v) is 5.19. The molecule has 0 aromatic rings. The molecule has 1 rings (SSSR count). The number of rotatable bonds is 6. The smallest absolute Gasteiger partial charge is 0.165 e. The third kappa shape index (κ3) is 3.84. The number of aliphatic hydroxyl groups excluding tert-OH is 1. The quantitative estimate of drug-likeness (QED) is 0.540. The lowest BCUT2D eigenvalue weighted by Crippen LogP contribution is -2.28. The van der Waals surface area contributed by atoms with E-state index in [1.165, 1.54) is 12.8 Å². The summed E-state index contributed by atoms with van der Waals surface area (Å²) in [5, 5.41) is 10.3. The highest BCUT2D eigenvalue weighted by Gasteiger charge is 2.32. The standard InChI is InChI=1S/C17H30O2/c1-5-17(6-2,7-3)16(19)12-15(18)14-10-8-9-13(4)11-14/h12-14,18H,5-11H2,1-4H3/b15-12-. The summed E-state index contributed by atoms with van der Waals surface area (Å²) in [6.45, 7) is 8.44. The van der Waals surface area contributed by atoms with Crippen LogP contribution in [0.15, 0.2) is 11.8 Å². The minimum Gasteiger partial charge on any atom is -0.512 e. The predicted molar refractivity (Wildman–Crippen MR) is 80.1 cm³/mol. The van der Waals surface area contributed by atoms with E-state index in [0.717, 1.165) is 32.1 Å². The SMILES string of the molecule is CCC(CC)(CC)C(=O)/C=C(\O)C1CCCC(C)C1. The maximum atomic E-state index is 12.5. The van der Waals surface area contributed by atoms with E-state index >= 15 is 0 Å². The number of allylic oxidation sites excluding steroid dienone is 2. The van der Waals surface area contributed by atoms with Crippen molar-refractivity contribution < 1.29 is 9.90 Å². The van der Waals surface area contributed by atoms with Gasteiger partial charge in [-0.25, -0.2) is 0 Å². The van der Waals surface area contributed by atoms with Crippen LogP contribution in [0.4, 0.5) is 0 Å². The summed E-state index contributed by atoms with van der Waals surface area (Å²) in [7, 11) is 0. The van der Waals surface area contributed by atoms with Crippen LogP contribution in [0.3, 0.4) is 0 Å². The van der Waals surface area contributed by atoms with E-state index in [1.807, 2.05) is 0 Å². The van der Waals surface area contributed by atoms with Crippen LogP contribution in [-0.4, -0.2) is 10.9 Å². The van der Waals surface area contributed by atoms with Crippen LogP contribution < -0.4 is 0 Å². The Bertz CT molecular complexity index is 318. The maximum Gasteiger partial charge on any atom is 0.165 e. The van der Waals surface area contributed by atoms with E-state index < -0.39 is 0 Å². The van der Waals surface area contributed by atoms with Crippen LogP contribution in [0.5, 0.6) is 0 Å². The van der Waals surface area contributed by atoms with E-state index in [1.54, 1.807) is 6.08 Å². The fraction of sp³-hybridized carbons (Fsp3) is 0.824. The Kier molecular flexibility index (Phi) is 6.09. The van der Waals surface area contributed by atoms with Crippen LogP contribution in [0, 0.1) is 17.3 Å². The van der Waals surface area contributed by atoms with Crippen molar-refractivity contribution >= 4 is 5.78 Å². The molecule has 0 bridgehead atoms. The molecule has 2 unspecified atom stereocenters. The lowest BCUT2D eigenvalue weighted by atomic mass is 9.75. The van der Waals surface area contributed by atoms with Crippen molar-refractivity contribution in [3.8, 4) is 0 Å². The number of carbonyl (C=O) groups excluding carboxylic acids is 1. The van der Waals surface area contributed by atoms with E-state index in [-0.39, 0.29) is 17.1 Å². The van der Waals surface area contributed by atoms with Gasteiger partial charge in [0.1, 0.15) is 0 Å². The van der Waals surface area contributed by atoms with Gasteiger partial charge in [-0.2, -0.15) is 0 Å². The zero-order valence-corrected chi connectivity index (χ0v) is 13.0. The summed E-state index contributed by atoms with van der Waals surface area (Å²) in [6.07, 6.45) is 8.56. The summed E-state index contributed by atoms with van der Waals surface area (Å²) >= 11 is 0. The lowest BCUT2D eigenvalue weighted by Gasteiger charge is -2.29. The van der Waals surface area contributed by atoms with Gasteiger partial charge in [-0.3, -0.25) is 4.79 Å². The molecule has 0 radical (unpaired) electrons. The van der Waals surface area contributed by atoms with E-state index in [0.29, 0.717) is 11.7 Å². The molecule has 1 saturated carbocycles. The van der Waals surface area contributed by atoms with Crippen LogP contribution in [0.2, 0.25) is 0 Å². The molecule has 0 amide bonds. The molecule has 1 aliphatic carbocycles. The van der Waals surface area contributed by atoms with Crippen LogP contribution in [0.1, 0.15) is 72.6 Å². The summed E-state index contributed by atoms with van der Waals surface area (Å²) in [4.78, 5) is 12.5. The van der Waals surface area contributed by atoms with Crippen molar-refractivity contribution in [3.63, 3.8) is 0 Å². The third-order valence-electron chi connectivity index (χ3n) is 5.19. The fourth-order valence-electron chi connectivity index (χ4n) is 3.38. The number of hydrogen-bond acceptors (Lipinski definition) is 2. The second-order valence-corrected chi connectivity index (χ2v) is 6.24. The van der Waals surface area contributed by atoms with Gasteiger partial charge < -0.3 is 5.11 Å². The number of aliphatic hydroxyl groups is 1. The van der Waals surface area contributed by atoms with Crippen molar-refractivity contribution in [1.29, 1.82) is 0 Å². The van der Waals surface area contributed by atoms with E-state index in [9.17, 15) is 9.90 Å². The first-order valence-electron chi connectivity index (χ1n) is 7.94. The molecule has 0 aromatic heterocycles. The van der Waals surface area contributed by atoms with Gasteiger partial charge in [-0.1, -0.05) is 40.5 Å². The highest BCUT2D eigenvalue weighted by molar-refractivity contribution is 5.95. The van der Waals surface area contributed by atoms with Gasteiger partial charge in [-0.05, 0) is 38.0 Å². The molecule has 0 spiro atoms. The van der Waals surface area contributed by atoms with Gasteiger partial charge in [0, 0.05) is 17.4 Å². The van der Waals surface area contributed by atoms with Crippen LogP contribution in [0.25, 0.3) is 0 Å². The van der Waals surface area contributed by atoms with Crippen molar-refractivity contribution in [3.05, 3.63) is 11.8 Å². The zero-order chi connectivity index (χ0) is 14.5. The first-order valence-corrected chi connectivity index (χ1v) is 7.94. The van der Waals surface area contributed by atoms with Crippen molar-refractivity contribution in [1.82, 2.24) is 0 Å². The largest absolute Gasteiger partial charge is 0.512 e. The molecule has 0 aliphatic heterocycles. The Morgan fingerprint density at radius 1 is 1.21 bits per heavy atom. The first kappa shape index (κ1) is 16.3. The molecule has 2 atom stereocenters. The van der Waals surface area contributed by atoms with Crippen molar-refractivity contribution in [2.45, 2.75) is 72.6 Å². The summed E-state index contributed by atoms with van der Waals surface area (Å²) in [5.74, 6) is 1.32. The monoisotopic (exact) mass is 266 g/mol. The molecule has 1 aliphatic rings. The topological polar surface area (TPSA) is 37.3 Å².